The Bertz CT molecular complexity index is 692. The van der Waals surface area contributed by atoms with Crippen molar-refractivity contribution in [2.75, 3.05) is 0 Å². The van der Waals surface area contributed by atoms with E-state index in [9.17, 15) is 0 Å². The first-order valence-electron chi connectivity index (χ1n) is 9.12. The van der Waals surface area contributed by atoms with Gasteiger partial charge in [0.15, 0.2) is 0 Å². The molecule has 124 valence electrons. The van der Waals surface area contributed by atoms with Crippen LogP contribution < -0.4 is 0 Å². The molecule has 0 aliphatic heterocycles. The Morgan fingerprint density at radius 3 is 2.04 bits per heavy atom. The molecule has 2 aromatic rings. The zero-order valence-electron chi connectivity index (χ0n) is 14.4. The first-order valence-corrected chi connectivity index (χ1v) is 9.91. The van der Waals surface area contributed by atoms with Gasteiger partial charge in [0.1, 0.15) is 0 Å². The van der Waals surface area contributed by atoms with Gasteiger partial charge in [0.05, 0.1) is 0 Å². The molecule has 0 spiro atoms. The largest absolute Gasteiger partial charge is 0.0945 e. The Hall–Kier alpha value is -1.52. The van der Waals surface area contributed by atoms with Crippen LogP contribution in [0.4, 0.5) is 0 Å². The van der Waals surface area contributed by atoms with E-state index >= 15 is 0 Å². The molecule has 0 nitrogen and oxygen atoms in total. The van der Waals surface area contributed by atoms with Gasteiger partial charge in [-0.2, -0.15) is 0 Å². The summed E-state index contributed by atoms with van der Waals surface area (Å²) < 4.78 is 1.11. The summed E-state index contributed by atoms with van der Waals surface area (Å²) in [7, 11) is 0. The second kappa shape index (κ2) is 8.54. The maximum atomic E-state index is 3.51. The van der Waals surface area contributed by atoms with Crippen molar-refractivity contribution in [3.63, 3.8) is 0 Å². The van der Waals surface area contributed by atoms with E-state index < -0.39 is 0 Å². The Labute approximate surface area is 154 Å². The molecular formula is C23H25Br. The first kappa shape index (κ1) is 17.3. The van der Waals surface area contributed by atoms with Crippen molar-refractivity contribution in [3.05, 3.63) is 58.6 Å². The molecule has 0 unspecified atom stereocenters. The molecule has 0 atom stereocenters. The maximum Gasteiger partial charge on any atom is 0.0245 e. The van der Waals surface area contributed by atoms with Crippen LogP contribution >= 0.6 is 15.9 Å². The Balaban J connectivity index is 1.60. The molecule has 0 heterocycles. The predicted octanol–water partition coefficient (Wildman–Crippen LogP) is 7.07. The lowest BCUT2D eigenvalue weighted by molar-refractivity contribution is 0.300. The number of rotatable bonds is 3. The average Bonchev–Trinajstić information content (AvgIpc) is 2.63. The van der Waals surface area contributed by atoms with Crippen LogP contribution in [-0.4, -0.2) is 0 Å². The summed E-state index contributed by atoms with van der Waals surface area (Å²) in [5.41, 5.74) is 3.62. The second-order valence-electron chi connectivity index (χ2n) is 6.86. The van der Waals surface area contributed by atoms with Gasteiger partial charge in [-0.3, -0.25) is 0 Å². The molecule has 0 N–H and O–H groups in total. The first-order chi connectivity index (χ1) is 11.7. The van der Waals surface area contributed by atoms with Crippen LogP contribution in [0.1, 0.15) is 51.0 Å². The summed E-state index contributed by atoms with van der Waals surface area (Å²) in [4.78, 5) is 0. The smallest absolute Gasteiger partial charge is 0.0245 e. The van der Waals surface area contributed by atoms with E-state index in [1.54, 1.807) is 0 Å². The molecule has 0 radical (unpaired) electrons. The topological polar surface area (TPSA) is 0 Å². The molecule has 1 aliphatic carbocycles. The average molecular weight is 381 g/mol. The third-order valence-corrected chi connectivity index (χ3v) is 5.56. The fraction of sp³-hybridized carbons (Fsp3) is 0.391. The van der Waals surface area contributed by atoms with Gasteiger partial charge >= 0.3 is 0 Å². The zero-order chi connectivity index (χ0) is 16.8. The van der Waals surface area contributed by atoms with Crippen LogP contribution in [0.25, 0.3) is 11.1 Å². The normalized spacial score (nSPS) is 20.2. The molecule has 1 saturated carbocycles. The molecule has 3 rings (SSSR count). The van der Waals surface area contributed by atoms with E-state index in [2.05, 4.69) is 83.2 Å². The van der Waals surface area contributed by atoms with Crippen LogP contribution in [0.3, 0.4) is 0 Å². The highest BCUT2D eigenvalue weighted by molar-refractivity contribution is 9.10. The standard InChI is InChI=1S/C23H25Br/c1-2-3-18-4-6-19(7-5-18)8-9-20-10-12-21(13-11-20)22-14-16-23(24)17-15-22/h10-19H,2-7H2,1H3/t18-,19-. The lowest BCUT2D eigenvalue weighted by atomic mass is 9.80. The summed E-state index contributed by atoms with van der Waals surface area (Å²) in [5.74, 6) is 8.46. The summed E-state index contributed by atoms with van der Waals surface area (Å²) >= 11 is 3.48. The summed E-state index contributed by atoms with van der Waals surface area (Å²) in [6.45, 7) is 2.30. The number of benzene rings is 2. The highest BCUT2D eigenvalue weighted by Gasteiger charge is 2.18. The van der Waals surface area contributed by atoms with Gasteiger partial charge in [-0.25, -0.2) is 0 Å². The summed E-state index contributed by atoms with van der Waals surface area (Å²) in [6, 6.07) is 17.1. The Morgan fingerprint density at radius 2 is 1.46 bits per heavy atom. The van der Waals surface area contributed by atoms with Crippen molar-refractivity contribution in [1.82, 2.24) is 0 Å². The van der Waals surface area contributed by atoms with E-state index in [4.69, 9.17) is 0 Å². The minimum absolute atomic E-state index is 0.601. The van der Waals surface area contributed by atoms with Crippen LogP contribution in [0.5, 0.6) is 0 Å². The second-order valence-corrected chi connectivity index (χ2v) is 7.78. The molecule has 1 heteroatoms. The molecule has 0 saturated heterocycles. The van der Waals surface area contributed by atoms with Crippen molar-refractivity contribution >= 4 is 15.9 Å². The van der Waals surface area contributed by atoms with Gasteiger partial charge in [-0.15, -0.1) is 0 Å². The van der Waals surface area contributed by atoms with Crippen LogP contribution in [0.15, 0.2) is 53.0 Å². The van der Waals surface area contributed by atoms with Gasteiger partial charge in [0.25, 0.3) is 0 Å². The van der Waals surface area contributed by atoms with Crippen molar-refractivity contribution in [2.45, 2.75) is 45.4 Å². The van der Waals surface area contributed by atoms with Crippen molar-refractivity contribution in [1.29, 1.82) is 0 Å². The molecular weight excluding hydrogens is 356 g/mol. The van der Waals surface area contributed by atoms with Gasteiger partial charge in [0.2, 0.25) is 0 Å². The van der Waals surface area contributed by atoms with Crippen molar-refractivity contribution in [3.8, 4) is 23.0 Å². The molecule has 2 aromatic carbocycles. The van der Waals surface area contributed by atoms with E-state index in [1.807, 2.05) is 0 Å². The lowest BCUT2D eigenvalue weighted by Crippen LogP contribution is -2.13. The number of hydrogen-bond donors (Lipinski definition) is 0. The number of halogens is 1. The van der Waals surface area contributed by atoms with Crippen LogP contribution in [-0.2, 0) is 0 Å². The van der Waals surface area contributed by atoms with Gasteiger partial charge in [-0.1, -0.05) is 71.8 Å². The van der Waals surface area contributed by atoms with Crippen molar-refractivity contribution in [2.24, 2.45) is 11.8 Å². The number of hydrogen-bond acceptors (Lipinski definition) is 0. The van der Waals surface area contributed by atoms with Gasteiger partial charge in [0, 0.05) is 16.0 Å². The van der Waals surface area contributed by atoms with Gasteiger partial charge in [-0.05, 0) is 67.0 Å². The third-order valence-electron chi connectivity index (χ3n) is 5.03. The molecule has 1 aliphatic rings. The fourth-order valence-corrected chi connectivity index (χ4v) is 3.84. The lowest BCUT2D eigenvalue weighted by Gasteiger charge is -2.25. The zero-order valence-corrected chi connectivity index (χ0v) is 16.0. The Morgan fingerprint density at radius 1 is 0.875 bits per heavy atom. The monoisotopic (exact) mass is 380 g/mol. The SMILES string of the molecule is CCC[C@H]1CC[C@H](C#Cc2ccc(-c3ccc(Br)cc3)cc2)CC1. The highest BCUT2D eigenvalue weighted by atomic mass is 79.9. The predicted molar refractivity (Wildman–Crippen MR) is 107 cm³/mol. The maximum absolute atomic E-state index is 3.51. The Kier molecular flexibility index (Phi) is 6.16. The van der Waals surface area contributed by atoms with Crippen molar-refractivity contribution < 1.29 is 0 Å². The van der Waals surface area contributed by atoms with E-state index in [0.29, 0.717) is 5.92 Å². The molecule has 1 fully saturated rings. The summed E-state index contributed by atoms with van der Waals surface area (Å²) in [5, 5.41) is 0. The molecule has 0 aromatic heterocycles. The quantitative estimate of drug-likeness (QED) is 0.499. The highest BCUT2D eigenvalue weighted by Crippen LogP contribution is 2.31. The molecule has 0 amide bonds. The minimum atomic E-state index is 0.601. The van der Waals surface area contributed by atoms with E-state index in [0.717, 1.165) is 16.0 Å². The molecule has 24 heavy (non-hydrogen) atoms. The van der Waals surface area contributed by atoms with Crippen LogP contribution in [0, 0.1) is 23.7 Å². The molecule has 0 bridgehead atoms. The fourth-order valence-electron chi connectivity index (χ4n) is 3.58. The van der Waals surface area contributed by atoms with Crippen LogP contribution in [0.2, 0.25) is 0 Å². The minimum Gasteiger partial charge on any atom is -0.0945 e. The van der Waals surface area contributed by atoms with E-state index in [1.165, 1.54) is 49.7 Å². The summed E-state index contributed by atoms with van der Waals surface area (Å²) in [6.07, 6.45) is 8.04. The third kappa shape index (κ3) is 4.74. The van der Waals surface area contributed by atoms with Gasteiger partial charge < -0.3 is 0 Å². The van der Waals surface area contributed by atoms with E-state index in [-0.39, 0.29) is 0 Å².